The summed E-state index contributed by atoms with van der Waals surface area (Å²) in [4.78, 5) is 44.4. The third-order valence-corrected chi connectivity index (χ3v) is 8.70. The Morgan fingerprint density at radius 1 is 0.305 bits per heavy atom. The maximum Gasteiger partial charge on any atom is 0.180 e. The Hall–Kier alpha value is -12.9. The summed E-state index contributed by atoms with van der Waals surface area (Å²) in [7, 11) is 0. The van der Waals surface area contributed by atoms with Gasteiger partial charge in [0.05, 0.1) is 49.3 Å². The Labute approximate surface area is 463 Å². The number of H-pyrrole nitrogens is 12. The fraction of sp³-hybridized carbons (Fsp3) is 0. The lowest BCUT2D eigenvalue weighted by atomic mass is 10.2. The summed E-state index contributed by atoms with van der Waals surface area (Å²) in [6.07, 6.45) is 41.4. The predicted octanol–water partition coefficient (Wildman–Crippen LogP) is 6.38. The summed E-state index contributed by atoms with van der Waals surface area (Å²) in [6, 6.07) is 34.1. The molecule has 414 valence electrons. The van der Waals surface area contributed by atoms with Gasteiger partial charge in [-0.3, -0.25) is 25.4 Å². The molecular weight excluding hydrogens is 1050 g/mol. The highest BCUT2D eigenvalue weighted by Crippen LogP contribution is 2.11. The second-order valence-electron chi connectivity index (χ2n) is 14.2. The summed E-state index contributed by atoms with van der Waals surface area (Å²) in [5.41, 5.74) is 3.89. The zero-order chi connectivity index (χ0) is 56.9. The summed E-state index contributed by atoms with van der Waals surface area (Å²) in [5.74, 6) is 0. The van der Waals surface area contributed by atoms with Crippen LogP contribution in [0.25, 0.3) is 43.7 Å². The van der Waals surface area contributed by atoms with E-state index >= 15 is 0 Å². The van der Waals surface area contributed by atoms with Crippen LogP contribution in [0.15, 0.2) is 259 Å². The number of imidazole rings is 3. The van der Waals surface area contributed by atoms with E-state index in [0.29, 0.717) is 5.65 Å². The second-order valence-corrected chi connectivity index (χ2v) is 14.2. The number of rotatable bonds is 0. The smallest absolute Gasteiger partial charge is 0.180 e. The molecular formula is C50H54N32. The van der Waals surface area contributed by atoms with Crippen molar-refractivity contribution in [3.8, 4) is 0 Å². The monoisotopic (exact) mass is 1100 g/mol. The first kappa shape index (κ1) is 60.0. The first-order valence-corrected chi connectivity index (χ1v) is 23.7. The summed E-state index contributed by atoms with van der Waals surface area (Å²) >= 11 is 0. The summed E-state index contributed by atoms with van der Waals surface area (Å²) in [6.45, 7) is 0. The molecule has 0 aliphatic heterocycles. The first-order chi connectivity index (χ1) is 40.9. The molecule has 32 heteroatoms. The standard InChI is InChI=1S/2C8H7N.C7H6N2.C5H4N4.C5H5N.3C3H4N2.3C2H3N3.2CH2N4/c1-2-4-8-6-9-5-7(8)3-1;1-2-4-8-7(3-1)5-6-9-8;1-2-4-7-6(3-1)5-8-9-7;1-4-5(8-2-6-1)9-3-7-4;1-2-4-6-5-3-1;2*1-2-5-3-4-1;1-2-4-5-3-1;2*1-3-2-5-4-1;3*1-2-4-5-3-1/h2*1-6,9H;1-5H,(H,8,9);1-3H,(H,6,7,8,9);1-5H;3*1-3H,(H,4,5);3*1-2H,(H,3,4,5);2*1H,(H,2,3,4,5). The Bertz CT molecular complexity index is 2920. The number of aromatic nitrogens is 32. The number of benzene rings is 3. The molecule has 14 heterocycles. The Balaban J connectivity index is 0.000000164. The topological polar surface area (TPSA) is 447 Å². The number of hydrogen-bond donors (Lipinski definition) is 12. The minimum atomic E-state index is 0.713. The molecule has 12 N–H and O–H groups in total. The normalized spacial score (nSPS) is 8.98. The van der Waals surface area contributed by atoms with Crippen molar-refractivity contribution >= 4 is 43.7 Å². The molecule has 0 amide bonds. The highest BCUT2D eigenvalue weighted by molar-refractivity contribution is 5.81. The van der Waals surface area contributed by atoms with E-state index in [9.17, 15) is 0 Å². The summed E-state index contributed by atoms with van der Waals surface area (Å²) in [5, 5.41) is 63.6. The quantitative estimate of drug-likeness (QED) is 0.0784. The Morgan fingerprint density at radius 2 is 0.939 bits per heavy atom. The number of pyridine rings is 1. The molecule has 82 heavy (non-hydrogen) atoms. The van der Waals surface area contributed by atoms with E-state index in [2.05, 4.69) is 193 Å². The lowest BCUT2D eigenvalue weighted by Gasteiger charge is -1.83. The van der Waals surface area contributed by atoms with Gasteiger partial charge in [0, 0.05) is 79.1 Å². The van der Waals surface area contributed by atoms with Gasteiger partial charge < -0.3 is 24.9 Å². The number of aromatic amines is 12. The van der Waals surface area contributed by atoms with Crippen molar-refractivity contribution in [3.05, 3.63) is 259 Å². The maximum atomic E-state index is 3.91. The number of nitrogens with zero attached hydrogens (tertiary/aromatic N) is 20. The van der Waals surface area contributed by atoms with E-state index in [1.807, 2.05) is 97.6 Å². The van der Waals surface area contributed by atoms with E-state index in [0.717, 1.165) is 16.4 Å². The van der Waals surface area contributed by atoms with E-state index in [1.54, 1.807) is 87.1 Å². The lowest BCUT2D eigenvalue weighted by Crippen LogP contribution is -1.76. The molecule has 3 aromatic carbocycles. The molecule has 0 aliphatic carbocycles. The molecule has 14 aromatic heterocycles. The number of fused-ring (bicyclic) bond motifs is 4. The van der Waals surface area contributed by atoms with Gasteiger partial charge in [-0.05, 0) is 52.6 Å². The zero-order valence-corrected chi connectivity index (χ0v) is 43.2. The van der Waals surface area contributed by atoms with Gasteiger partial charge in [-0.1, -0.05) is 77.2 Å². The number of tetrazole rings is 2. The van der Waals surface area contributed by atoms with Crippen LogP contribution in [0.3, 0.4) is 0 Å². The molecule has 0 saturated heterocycles. The SMILES string of the molecule is c1c[nH]cn1.c1c[nH]cn1.c1ccc2[nH]ccc2c1.c1ccc2[nH]ncc2c1.c1ccc2c[nH]cc2c1.c1ccncc1.c1cn[nH]c1.c1cn[nH]n1.c1nc[nH]n1.c1nc[nH]n1.c1ncc2[nH]cnc2n1.c1nn[nH]n1.c1nn[nH]n1. The number of para-hydroxylation sites is 2. The van der Waals surface area contributed by atoms with E-state index < -0.39 is 0 Å². The number of nitrogens with one attached hydrogen (secondary N) is 12. The average molecular weight is 1100 g/mol. The highest BCUT2D eigenvalue weighted by atomic mass is 15.5. The average Bonchev–Trinajstić information content (AvgIpc) is 4.40. The van der Waals surface area contributed by atoms with Crippen LogP contribution in [0.1, 0.15) is 0 Å². The van der Waals surface area contributed by atoms with Gasteiger partial charge in [-0.2, -0.15) is 46.2 Å². The second kappa shape index (κ2) is 42.3. The molecule has 0 saturated carbocycles. The fourth-order valence-corrected chi connectivity index (χ4v) is 5.28. The van der Waals surface area contributed by atoms with E-state index in [1.165, 1.54) is 66.0 Å². The van der Waals surface area contributed by atoms with Crippen LogP contribution in [-0.4, -0.2) is 162 Å². The fourth-order valence-electron chi connectivity index (χ4n) is 5.28. The van der Waals surface area contributed by atoms with Gasteiger partial charge in [0.15, 0.2) is 18.3 Å². The molecule has 0 unspecified atom stereocenters. The van der Waals surface area contributed by atoms with Crippen molar-refractivity contribution in [3.63, 3.8) is 0 Å². The molecule has 0 atom stereocenters. The maximum absolute atomic E-state index is 3.91. The third-order valence-electron chi connectivity index (χ3n) is 8.70. The molecule has 0 bridgehead atoms. The van der Waals surface area contributed by atoms with Gasteiger partial charge >= 0.3 is 0 Å². The van der Waals surface area contributed by atoms with Gasteiger partial charge in [0.1, 0.15) is 37.2 Å². The van der Waals surface area contributed by atoms with Crippen LogP contribution in [-0.2, 0) is 0 Å². The zero-order valence-electron chi connectivity index (χ0n) is 43.2. The van der Waals surface area contributed by atoms with Gasteiger partial charge in [-0.25, -0.2) is 34.9 Å². The minimum Gasteiger partial charge on any atom is -0.366 e. The highest BCUT2D eigenvalue weighted by Gasteiger charge is 1.92. The molecule has 0 spiro atoms. The van der Waals surface area contributed by atoms with Gasteiger partial charge in [0.2, 0.25) is 0 Å². The predicted molar refractivity (Wildman–Crippen MR) is 302 cm³/mol. The minimum absolute atomic E-state index is 0.713. The molecule has 0 aliphatic rings. The molecule has 17 rings (SSSR count). The molecule has 0 radical (unpaired) electrons. The number of hydrogen-bond acceptors (Lipinski definition) is 20. The summed E-state index contributed by atoms with van der Waals surface area (Å²) < 4.78 is 0. The molecule has 32 nitrogen and oxygen atoms in total. The first-order valence-electron chi connectivity index (χ1n) is 23.7. The van der Waals surface area contributed by atoms with E-state index in [-0.39, 0.29) is 0 Å². The van der Waals surface area contributed by atoms with Crippen molar-refractivity contribution < 1.29 is 0 Å². The lowest BCUT2D eigenvalue weighted by molar-refractivity contribution is 0.881. The van der Waals surface area contributed by atoms with Crippen molar-refractivity contribution in [1.82, 2.24) is 162 Å². The van der Waals surface area contributed by atoms with Gasteiger partial charge in [-0.15, -0.1) is 20.4 Å². The van der Waals surface area contributed by atoms with Crippen LogP contribution in [0.5, 0.6) is 0 Å². The molecule has 0 fully saturated rings. The van der Waals surface area contributed by atoms with Crippen LogP contribution >= 0.6 is 0 Å². The third kappa shape index (κ3) is 28.7. The van der Waals surface area contributed by atoms with Crippen LogP contribution in [0.2, 0.25) is 0 Å². The Morgan fingerprint density at radius 3 is 1.33 bits per heavy atom. The van der Waals surface area contributed by atoms with Crippen LogP contribution in [0.4, 0.5) is 0 Å². The largest absolute Gasteiger partial charge is 0.366 e. The van der Waals surface area contributed by atoms with Gasteiger partial charge in [0.25, 0.3) is 0 Å². The van der Waals surface area contributed by atoms with E-state index in [4.69, 9.17) is 0 Å². The van der Waals surface area contributed by atoms with Crippen molar-refractivity contribution in [2.45, 2.75) is 0 Å². The van der Waals surface area contributed by atoms with Crippen molar-refractivity contribution in [2.75, 3.05) is 0 Å². The van der Waals surface area contributed by atoms with Crippen LogP contribution in [0, 0.1) is 0 Å². The Kier molecular flexibility index (Phi) is 31.0. The van der Waals surface area contributed by atoms with Crippen LogP contribution < -0.4 is 0 Å². The van der Waals surface area contributed by atoms with Crippen molar-refractivity contribution in [1.29, 1.82) is 0 Å². The van der Waals surface area contributed by atoms with Crippen molar-refractivity contribution in [2.24, 2.45) is 0 Å². The molecule has 17 aromatic rings.